The average molecular weight is 575 g/mol. The number of amides is 4. The third-order valence-electron chi connectivity index (χ3n) is 5.67. The summed E-state index contributed by atoms with van der Waals surface area (Å²) in [5.74, 6) is -0.328. The largest absolute Gasteiger partial charge is 0.493 e. The molecule has 3 aromatic rings. The van der Waals surface area contributed by atoms with Crippen molar-refractivity contribution in [3.05, 3.63) is 93.1 Å². The molecule has 1 fully saturated rings. The smallest absolute Gasteiger partial charge is 0.329 e. The first-order valence-electron chi connectivity index (χ1n) is 11.5. The molecule has 192 valence electrons. The highest BCUT2D eigenvalue weighted by molar-refractivity contribution is 9.10. The minimum Gasteiger partial charge on any atom is -0.493 e. The lowest BCUT2D eigenvalue weighted by Crippen LogP contribution is -2.38. The second-order valence-electron chi connectivity index (χ2n) is 8.39. The van der Waals surface area contributed by atoms with Crippen LogP contribution in [0.1, 0.15) is 22.3 Å². The standard InChI is InChI=1S/C28H23BrN4O5/c1-17-7-9-21(10-8-17)31-25(34)15-33-27(35)23(32-28(33)36)12-18-11-22(29)26(24(13-18)37-2)38-16-20-6-4-3-5-19(20)14-30/h3-13H,15-16H2,1-2H3,(H,31,34)(H,32,36)/b23-12+. The highest BCUT2D eigenvalue weighted by Crippen LogP contribution is 2.38. The van der Waals surface area contributed by atoms with Crippen LogP contribution in [0.5, 0.6) is 11.5 Å². The van der Waals surface area contributed by atoms with Gasteiger partial charge in [0.25, 0.3) is 5.91 Å². The maximum Gasteiger partial charge on any atom is 0.329 e. The van der Waals surface area contributed by atoms with E-state index in [-0.39, 0.29) is 12.3 Å². The van der Waals surface area contributed by atoms with Gasteiger partial charge in [0.15, 0.2) is 11.5 Å². The third-order valence-corrected chi connectivity index (χ3v) is 6.26. The van der Waals surface area contributed by atoms with E-state index in [2.05, 4.69) is 32.6 Å². The number of benzene rings is 3. The molecule has 1 saturated heterocycles. The van der Waals surface area contributed by atoms with Gasteiger partial charge in [0.2, 0.25) is 5.91 Å². The van der Waals surface area contributed by atoms with Crippen molar-refractivity contribution < 1.29 is 23.9 Å². The van der Waals surface area contributed by atoms with Crippen LogP contribution in [0, 0.1) is 18.3 Å². The number of anilines is 1. The fraction of sp³-hybridized carbons (Fsp3) is 0.143. The van der Waals surface area contributed by atoms with E-state index in [0.717, 1.165) is 16.0 Å². The van der Waals surface area contributed by atoms with Crippen LogP contribution in [0.15, 0.2) is 70.8 Å². The number of methoxy groups -OCH3 is 1. The van der Waals surface area contributed by atoms with Gasteiger partial charge in [-0.25, -0.2) is 9.69 Å². The van der Waals surface area contributed by atoms with Crippen molar-refractivity contribution >= 4 is 45.5 Å². The summed E-state index contributed by atoms with van der Waals surface area (Å²) in [5.41, 5.74) is 3.41. The van der Waals surface area contributed by atoms with Crippen LogP contribution in [0.25, 0.3) is 6.08 Å². The molecule has 0 aromatic heterocycles. The summed E-state index contributed by atoms with van der Waals surface area (Å²) >= 11 is 3.47. The highest BCUT2D eigenvalue weighted by atomic mass is 79.9. The van der Waals surface area contributed by atoms with Crippen molar-refractivity contribution in [3.8, 4) is 17.6 Å². The van der Waals surface area contributed by atoms with Gasteiger partial charge in [-0.15, -0.1) is 0 Å². The Bertz CT molecular complexity index is 1480. The van der Waals surface area contributed by atoms with Gasteiger partial charge >= 0.3 is 6.03 Å². The molecule has 1 heterocycles. The summed E-state index contributed by atoms with van der Waals surface area (Å²) in [7, 11) is 1.48. The molecule has 0 aliphatic carbocycles. The Hall–Kier alpha value is -4.62. The van der Waals surface area contributed by atoms with Gasteiger partial charge in [-0.2, -0.15) is 5.26 Å². The molecule has 4 amide bonds. The fourth-order valence-corrected chi connectivity index (χ4v) is 4.31. The second-order valence-corrected chi connectivity index (χ2v) is 9.24. The van der Waals surface area contributed by atoms with Crippen molar-refractivity contribution in [1.29, 1.82) is 5.26 Å². The predicted octanol–water partition coefficient (Wildman–Crippen LogP) is 4.75. The molecule has 9 nitrogen and oxygen atoms in total. The Morgan fingerprint density at radius 1 is 1.16 bits per heavy atom. The Balaban J connectivity index is 1.48. The first-order valence-corrected chi connectivity index (χ1v) is 12.3. The molecule has 0 radical (unpaired) electrons. The van der Waals surface area contributed by atoms with E-state index in [0.29, 0.717) is 32.8 Å². The number of imide groups is 1. The molecule has 0 unspecified atom stereocenters. The number of rotatable bonds is 8. The fourth-order valence-electron chi connectivity index (χ4n) is 3.73. The van der Waals surface area contributed by atoms with Crippen LogP contribution in [0.2, 0.25) is 0 Å². The number of nitriles is 1. The first-order chi connectivity index (χ1) is 18.3. The maximum atomic E-state index is 12.9. The summed E-state index contributed by atoms with van der Waals surface area (Å²) in [6.45, 7) is 1.64. The molecule has 10 heteroatoms. The molecular formula is C28H23BrN4O5. The number of nitrogens with zero attached hydrogens (tertiary/aromatic N) is 2. The summed E-state index contributed by atoms with van der Waals surface area (Å²) in [6.07, 6.45) is 1.49. The number of aryl methyl sites for hydroxylation is 1. The van der Waals surface area contributed by atoms with Crippen molar-refractivity contribution in [2.75, 3.05) is 19.0 Å². The van der Waals surface area contributed by atoms with Crippen LogP contribution in [0.3, 0.4) is 0 Å². The van der Waals surface area contributed by atoms with E-state index in [4.69, 9.17) is 9.47 Å². The number of carbonyl (C=O) groups excluding carboxylic acids is 3. The van der Waals surface area contributed by atoms with Crippen LogP contribution in [-0.2, 0) is 16.2 Å². The van der Waals surface area contributed by atoms with Gasteiger partial charge in [-0.05, 0) is 64.8 Å². The molecule has 38 heavy (non-hydrogen) atoms. The minimum absolute atomic E-state index is 0.0173. The molecule has 0 spiro atoms. The third kappa shape index (κ3) is 6.02. The zero-order valence-corrected chi connectivity index (χ0v) is 22.2. The quantitative estimate of drug-likeness (QED) is 0.296. The van der Waals surface area contributed by atoms with Crippen molar-refractivity contribution in [2.24, 2.45) is 0 Å². The number of hydrogen-bond acceptors (Lipinski definition) is 6. The molecule has 1 aliphatic rings. The van der Waals surface area contributed by atoms with Gasteiger partial charge in [-0.3, -0.25) is 9.59 Å². The lowest BCUT2D eigenvalue weighted by molar-refractivity contribution is -0.127. The van der Waals surface area contributed by atoms with Gasteiger partial charge in [0.1, 0.15) is 18.8 Å². The van der Waals surface area contributed by atoms with Gasteiger partial charge in [0.05, 0.1) is 23.2 Å². The molecule has 2 N–H and O–H groups in total. The van der Waals surface area contributed by atoms with E-state index in [1.807, 2.05) is 25.1 Å². The normalized spacial score (nSPS) is 13.7. The lowest BCUT2D eigenvalue weighted by atomic mass is 10.1. The molecular weight excluding hydrogens is 552 g/mol. The Labute approximate surface area is 227 Å². The highest BCUT2D eigenvalue weighted by Gasteiger charge is 2.35. The number of nitrogens with one attached hydrogen (secondary N) is 2. The topological polar surface area (TPSA) is 121 Å². The first kappa shape index (κ1) is 26.4. The molecule has 3 aromatic carbocycles. The second kappa shape index (κ2) is 11.6. The van der Waals surface area contributed by atoms with Crippen LogP contribution >= 0.6 is 15.9 Å². The summed E-state index contributed by atoms with van der Waals surface area (Å²) < 4.78 is 12.0. The zero-order chi connectivity index (χ0) is 27.2. The van der Waals surface area contributed by atoms with Crippen LogP contribution < -0.4 is 20.1 Å². The van der Waals surface area contributed by atoms with E-state index >= 15 is 0 Å². The molecule has 4 rings (SSSR count). The number of ether oxygens (including phenoxy) is 2. The SMILES string of the molecule is COc1cc(/C=C2/NC(=O)N(CC(=O)Nc3ccc(C)cc3)C2=O)cc(Br)c1OCc1ccccc1C#N. The number of halogens is 1. The zero-order valence-electron chi connectivity index (χ0n) is 20.6. The average Bonchev–Trinajstić information content (AvgIpc) is 3.16. The van der Waals surface area contributed by atoms with E-state index in [9.17, 15) is 19.6 Å². The van der Waals surface area contributed by atoms with E-state index in [1.54, 1.807) is 42.5 Å². The van der Waals surface area contributed by atoms with Crippen LogP contribution in [0.4, 0.5) is 10.5 Å². The van der Waals surface area contributed by atoms with E-state index in [1.165, 1.54) is 13.2 Å². The van der Waals surface area contributed by atoms with Gasteiger partial charge < -0.3 is 20.1 Å². The van der Waals surface area contributed by atoms with Crippen molar-refractivity contribution in [2.45, 2.75) is 13.5 Å². The summed E-state index contributed by atoms with van der Waals surface area (Å²) in [5, 5.41) is 14.5. The van der Waals surface area contributed by atoms with Crippen molar-refractivity contribution in [1.82, 2.24) is 10.2 Å². The van der Waals surface area contributed by atoms with Gasteiger partial charge in [0, 0.05) is 11.3 Å². The Kier molecular flexibility index (Phi) is 8.09. The molecule has 0 bridgehead atoms. The van der Waals surface area contributed by atoms with Gasteiger partial charge in [-0.1, -0.05) is 35.9 Å². The lowest BCUT2D eigenvalue weighted by Gasteiger charge is -2.14. The maximum absolute atomic E-state index is 12.9. The molecule has 0 saturated carbocycles. The molecule has 0 atom stereocenters. The summed E-state index contributed by atoms with van der Waals surface area (Å²) in [4.78, 5) is 38.6. The Morgan fingerprint density at radius 3 is 2.61 bits per heavy atom. The number of hydrogen-bond donors (Lipinski definition) is 2. The monoisotopic (exact) mass is 574 g/mol. The van der Waals surface area contributed by atoms with Crippen LogP contribution in [-0.4, -0.2) is 36.4 Å². The van der Waals surface area contributed by atoms with E-state index < -0.39 is 24.4 Å². The number of carbonyl (C=O) groups is 3. The van der Waals surface area contributed by atoms with Crippen molar-refractivity contribution in [3.63, 3.8) is 0 Å². The molecule has 1 aliphatic heterocycles. The number of urea groups is 1. The Morgan fingerprint density at radius 2 is 1.89 bits per heavy atom. The summed E-state index contributed by atoms with van der Waals surface area (Å²) in [6, 6.07) is 19.1. The predicted molar refractivity (Wildman–Crippen MR) is 144 cm³/mol. The minimum atomic E-state index is -0.692.